The smallest absolute Gasteiger partial charge is 0.248 e. The van der Waals surface area contributed by atoms with Crippen LogP contribution in [0.15, 0.2) is 0 Å². The lowest BCUT2D eigenvalue weighted by molar-refractivity contribution is -0.130. The number of nitrogens with zero attached hydrogens (tertiary/aromatic N) is 1. The van der Waals surface area contributed by atoms with Crippen molar-refractivity contribution in [1.82, 2.24) is 10.2 Å². The Balaban J connectivity index is 2.50. The summed E-state index contributed by atoms with van der Waals surface area (Å²) < 4.78 is 0. The van der Waals surface area contributed by atoms with E-state index in [2.05, 4.69) is 24.2 Å². The van der Waals surface area contributed by atoms with Gasteiger partial charge in [0.05, 0.1) is 0 Å². The molecule has 0 aliphatic heterocycles. The van der Waals surface area contributed by atoms with E-state index in [0.717, 1.165) is 19.4 Å². The van der Waals surface area contributed by atoms with Crippen molar-refractivity contribution in [2.45, 2.75) is 64.5 Å². The van der Waals surface area contributed by atoms with Crippen LogP contribution in [-0.2, 0) is 4.79 Å². The normalized spacial score (nSPS) is 19.9. The molecule has 0 aromatic rings. The van der Waals surface area contributed by atoms with Crippen molar-refractivity contribution >= 4 is 5.91 Å². The molecule has 0 spiro atoms. The first kappa shape index (κ1) is 16.4. The first-order valence-electron chi connectivity index (χ1n) is 7.58. The van der Waals surface area contributed by atoms with Crippen molar-refractivity contribution in [1.29, 1.82) is 0 Å². The molecule has 0 aromatic carbocycles. The van der Waals surface area contributed by atoms with Crippen molar-refractivity contribution in [3.05, 3.63) is 0 Å². The second-order valence-electron chi connectivity index (χ2n) is 6.31. The van der Waals surface area contributed by atoms with Crippen LogP contribution in [0.1, 0.15) is 52.9 Å². The zero-order valence-electron chi connectivity index (χ0n) is 12.9. The highest BCUT2D eigenvalue weighted by molar-refractivity contribution is 5.80. The molecule has 4 heteroatoms. The van der Waals surface area contributed by atoms with E-state index < -0.39 is 6.10 Å². The Kier molecular flexibility index (Phi) is 6.27. The van der Waals surface area contributed by atoms with Gasteiger partial charge in [0.15, 0.2) is 0 Å². The monoisotopic (exact) mass is 270 g/mol. The van der Waals surface area contributed by atoms with Gasteiger partial charge in [-0.05, 0) is 38.8 Å². The molecule has 0 radical (unpaired) electrons. The Bertz CT molecular complexity index is 286. The van der Waals surface area contributed by atoms with Gasteiger partial charge in [-0.25, -0.2) is 0 Å². The maximum Gasteiger partial charge on any atom is 0.248 e. The molecule has 19 heavy (non-hydrogen) atoms. The topological polar surface area (TPSA) is 52.6 Å². The van der Waals surface area contributed by atoms with Crippen LogP contribution in [0.25, 0.3) is 0 Å². The third kappa shape index (κ3) is 4.46. The van der Waals surface area contributed by atoms with Gasteiger partial charge < -0.3 is 10.4 Å². The minimum absolute atomic E-state index is 0.0992. The fourth-order valence-corrected chi connectivity index (χ4v) is 2.98. The van der Waals surface area contributed by atoms with Crippen LogP contribution >= 0.6 is 0 Å². The molecule has 2 N–H and O–H groups in total. The third-order valence-electron chi connectivity index (χ3n) is 4.41. The van der Waals surface area contributed by atoms with Crippen molar-refractivity contribution < 1.29 is 9.90 Å². The minimum atomic E-state index is -0.870. The first-order valence-corrected chi connectivity index (χ1v) is 7.58. The van der Waals surface area contributed by atoms with Gasteiger partial charge in [0.2, 0.25) is 5.91 Å². The summed E-state index contributed by atoms with van der Waals surface area (Å²) in [5, 5.41) is 12.8. The molecule has 1 fully saturated rings. The molecule has 1 atom stereocenters. The van der Waals surface area contributed by atoms with E-state index in [9.17, 15) is 9.90 Å². The number of hydrogen-bond donors (Lipinski definition) is 2. The second-order valence-corrected chi connectivity index (χ2v) is 6.31. The lowest BCUT2D eigenvalue weighted by Crippen LogP contribution is -2.53. The van der Waals surface area contributed by atoms with Crippen LogP contribution < -0.4 is 5.32 Å². The number of nitrogens with one attached hydrogen (secondary N) is 1. The molecule has 1 rings (SSSR count). The SMILES string of the molecule is CCN(C)C1(CNC(=O)C(O)CC(C)C)CCCC1. The van der Waals surface area contributed by atoms with Gasteiger partial charge in [-0.3, -0.25) is 9.69 Å². The Morgan fingerprint density at radius 2 is 1.95 bits per heavy atom. The number of hydrogen-bond acceptors (Lipinski definition) is 3. The molecule has 4 nitrogen and oxygen atoms in total. The third-order valence-corrected chi connectivity index (χ3v) is 4.41. The van der Waals surface area contributed by atoms with Crippen molar-refractivity contribution in [2.24, 2.45) is 5.92 Å². The molecular weight excluding hydrogens is 240 g/mol. The number of rotatable bonds is 7. The number of carbonyl (C=O) groups excluding carboxylic acids is 1. The Morgan fingerprint density at radius 3 is 2.42 bits per heavy atom. The Morgan fingerprint density at radius 1 is 1.37 bits per heavy atom. The quantitative estimate of drug-likeness (QED) is 0.741. The van der Waals surface area contributed by atoms with Crippen LogP contribution in [0.3, 0.4) is 0 Å². The molecule has 1 aliphatic carbocycles. The van der Waals surface area contributed by atoms with Crippen LogP contribution in [-0.4, -0.2) is 47.7 Å². The molecule has 0 aromatic heterocycles. The van der Waals surface area contributed by atoms with Crippen LogP contribution in [0, 0.1) is 5.92 Å². The summed E-state index contributed by atoms with van der Waals surface area (Å²) in [6.07, 6.45) is 4.40. The van der Waals surface area contributed by atoms with E-state index in [1.807, 2.05) is 13.8 Å². The van der Waals surface area contributed by atoms with Crippen molar-refractivity contribution in [3.63, 3.8) is 0 Å². The maximum atomic E-state index is 11.9. The van der Waals surface area contributed by atoms with Gasteiger partial charge in [0.1, 0.15) is 6.10 Å². The summed E-state index contributed by atoms with van der Waals surface area (Å²) in [5.41, 5.74) is 0.0992. The average Bonchev–Trinajstić information content (AvgIpc) is 2.84. The lowest BCUT2D eigenvalue weighted by Gasteiger charge is -2.38. The average molecular weight is 270 g/mol. The molecule has 0 heterocycles. The van der Waals surface area contributed by atoms with Gasteiger partial charge in [-0.2, -0.15) is 0 Å². The summed E-state index contributed by atoms with van der Waals surface area (Å²) in [7, 11) is 2.13. The van der Waals surface area contributed by atoms with E-state index >= 15 is 0 Å². The van der Waals surface area contributed by atoms with Crippen LogP contribution in [0.5, 0.6) is 0 Å². The highest BCUT2D eigenvalue weighted by atomic mass is 16.3. The van der Waals surface area contributed by atoms with Gasteiger partial charge in [-0.1, -0.05) is 33.6 Å². The Labute approximate surface area is 117 Å². The highest BCUT2D eigenvalue weighted by Gasteiger charge is 2.37. The predicted octanol–water partition coefficient (Wildman–Crippen LogP) is 1.77. The maximum absolute atomic E-state index is 11.9. The van der Waals surface area contributed by atoms with E-state index in [1.54, 1.807) is 0 Å². The van der Waals surface area contributed by atoms with E-state index in [1.165, 1.54) is 12.8 Å². The van der Waals surface area contributed by atoms with E-state index in [4.69, 9.17) is 0 Å². The van der Waals surface area contributed by atoms with Gasteiger partial charge in [0.25, 0.3) is 0 Å². The number of carbonyl (C=O) groups is 1. The zero-order valence-corrected chi connectivity index (χ0v) is 12.9. The summed E-state index contributed by atoms with van der Waals surface area (Å²) in [5.74, 6) is 0.115. The summed E-state index contributed by atoms with van der Waals surface area (Å²) in [4.78, 5) is 14.3. The van der Waals surface area contributed by atoms with Crippen molar-refractivity contribution in [2.75, 3.05) is 20.1 Å². The number of aliphatic hydroxyl groups excluding tert-OH is 1. The van der Waals surface area contributed by atoms with Crippen molar-refractivity contribution in [3.8, 4) is 0 Å². The van der Waals surface area contributed by atoms with E-state index in [-0.39, 0.29) is 11.4 Å². The fourth-order valence-electron chi connectivity index (χ4n) is 2.98. The minimum Gasteiger partial charge on any atom is -0.383 e. The van der Waals surface area contributed by atoms with Gasteiger partial charge >= 0.3 is 0 Å². The molecule has 112 valence electrons. The molecule has 0 saturated heterocycles. The summed E-state index contributed by atoms with van der Waals surface area (Å²) in [6, 6.07) is 0. The second kappa shape index (κ2) is 7.25. The Hall–Kier alpha value is -0.610. The first-order chi connectivity index (χ1) is 8.91. The van der Waals surface area contributed by atoms with Gasteiger partial charge in [-0.15, -0.1) is 0 Å². The molecule has 1 unspecified atom stereocenters. The zero-order chi connectivity index (χ0) is 14.5. The largest absolute Gasteiger partial charge is 0.383 e. The highest BCUT2D eigenvalue weighted by Crippen LogP contribution is 2.33. The molecular formula is C15H30N2O2. The molecule has 1 saturated carbocycles. The van der Waals surface area contributed by atoms with Gasteiger partial charge in [0, 0.05) is 12.1 Å². The summed E-state index contributed by atoms with van der Waals surface area (Å²) >= 11 is 0. The predicted molar refractivity (Wildman–Crippen MR) is 78.0 cm³/mol. The standard InChI is InChI=1S/C15H30N2O2/c1-5-17(4)15(8-6-7-9-15)11-16-14(19)13(18)10-12(2)3/h12-13,18H,5-11H2,1-4H3,(H,16,19). The molecule has 1 aliphatic rings. The van der Waals surface area contributed by atoms with Crippen LogP contribution in [0.4, 0.5) is 0 Å². The van der Waals surface area contributed by atoms with E-state index in [0.29, 0.717) is 18.9 Å². The number of amides is 1. The number of aliphatic hydroxyl groups is 1. The molecule has 0 bridgehead atoms. The fraction of sp³-hybridized carbons (Fsp3) is 0.933. The lowest BCUT2D eigenvalue weighted by atomic mass is 9.95. The number of likely N-dealkylation sites (N-methyl/N-ethyl adjacent to an activating group) is 1. The summed E-state index contributed by atoms with van der Waals surface area (Å²) in [6.45, 7) is 7.82. The van der Waals surface area contributed by atoms with Crippen LogP contribution in [0.2, 0.25) is 0 Å². The molecule has 1 amide bonds.